The van der Waals surface area contributed by atoms with Gasteiger partial charge in [0.25, 0.3) is 5.91 Å². The van der Waals surface area contributed by atoms with Gasteiger partial charge in [-0.3, -0.25) is 9.69 Å². The van der Waals surface area contributed by atoms with E-state index in [-0.39, 0.29) is 23.0 Å². The van der Waals surface area contributed by atoms with E-state index in [4.69, 9.17) is 32.7 Å². The maximum atomic E-state index is 13.3. The first-order valence-electron chi connectivity index (χ1n) is 9.24. The van der Waals surface area contributed by atoms with E-state index in [2.05, 4.69) is 9.97 Å². The number of sulfone groups is 1. The Labute approximate surface area is 194 Å². The number of carbonyl (C=O) groups is 1. The van der Waals surface area contributed by atoms with Crippen molar-refractivity contribution in [3.05, 3.63) is 57.7 Å². The van der Waals surface area contributed by atoms with Crippen LogP contribution in [0.3, 0.4) is 0 Å². The highest BCUT2D eigenvalue weighted by Gasteiger charge is 2.36. The molecule has 8 nitrogen and oxygen atoms in total. The molecule has 1 aliphatic heterocycles. The summed E-state index contributed by atoms with van der Waals surface area (Å²) < 4.78 is 35.1. The summed E-state index contributed by atoms with van der Waals surface area (Å²) in [4.78, 5) is 23.1. The van der Waals surface area contributed by atoms with Crippen molar-refractivity contribution in [1.82, 2.24) is 9.97 Å². The number of methoxy groups -OCH3 is 2. The fraction of sp³-hybridized carbons (Fsp3) is 0.190. The average Bonchev–Trinajstić information content (AvgIpc) is 3.08. The Morgan fingerprint density at radius 2 is 1.72 bits per heavy atom. The summed E-state index contributed by atoms with van der Waals surface area (Å²) in [7, 11) is -0.804. The van der Waals surface area contributed by atoms with Crippen molar-refractivity contribution >= 4 is 44.6 Å². The lowest BCUT2D eigenvalue weighted by Gasteiger charge is -2.19. The molecule has 0 aliphatic carbocycles. The van der Waals surface area contributed by atoms with Gasteiger partial charge in [-0.05, 0) is 30.3 Å². The standard InChI is InChI=1S/C21H17Cl2N3O5S/c1-30-12-5-7-16(17(9-12)31-2)26-10-14-18(13-6-4-11(22)8-15(13)23)24-21(32(3,28)29)25-19(14)20(26)27/h4-9H,10H2,1-3H3. The zero-order valence-electron chi connectivity index (χ0n) is 17.2. The highest BCUT2D eigenvalue weighted by atomic mass is 35.5. The second kappa shape index (κ2) is 8.23. The third-order valence-electron chi connectivity index (χ3n) is 4.95. The molecule has 1 aromatic heterocycles. The number of anilines is 1. The molecule has 0 spiro atoms. The molecule has 0 saturated carbocycles. The second-order valence-electron chi connectivity index (χ2n) is 7.01. The van der Waals surface area contributed by atoms with Crippen molar-refractivity contribution in [2.45, 2.75) is 11.7 Å². The topological polar surface area (TPSA) is 98.7 Å². The minimum absolute atomic E-state index is 0.0145. The Balaban J connectivity index is 1.92. The molecule has 0 radical (unpaired) electrons. The van der Waals surface area contributed by atoms with Crippen molar-refractivity contribution in [3.63, 3.8) is 0 Å². The monoisotopic (exact) mass is 493 g/mol. The van der Waals surface area contributed by atoms with Gasteiger partial charge in [-0.25, -0.2) is 18.4 Å². The number of ether oxygens (including phenoxy) is 2. The number of nitrogens with zero attached hydrogens (tertiary/aromatic N) is 3. The molecule has 0 N–H and O–H groups in total. The van der Waals surface area contributed by atoms with Gasteiger partial charge in [0, 0.05) is 28.5 Å². The van der Waals surface area contributed by atoms with E-state index in [1.807, 2.05) is 0 Å². The lowest BCUT2D eigenvalue weighted by Crippen LogP contribution is -2.24. The Morgan fingerprint density at radius 1 is 1.00 bits per heavy atom. The SMILES string of the molecule is COc1ccc(N2Cc3c(nc(S(C)(=O)=O)nc3-c3ccc(Cl)cc3Cl)C2=O)c(OC)c1. The molecule has 2 aromatic carbocycles. The smallest absolute Gasteiger partial charge is 0.277 e. The quantitative estimate of drug-likeness (QED) is 0.494. The summed E-state index contributed by atoms with van der Waals surface area (Å²) in [5.41, 5.74) is 1.60. The third-order valence-corrected chi connectivity index (χ3v) is 6.34. The molecular weight excluding hydrogens is 477 g/mol. The molecule has 1 aliphatic rings. The largest absolute Gasteiger partial charge is 0.497 e. The molecule has 4 rings (SSSR count). The van der Waals surface area contributed by atoms with E-state index in [9.17, 15) is 13.2 Å². The maximum absolute atomic E-state index is 13.3. The van der Waals surface area contributed by atoms with E-state index in [0.29, 0.717) is 33.3 Å². The number of carbonyl (C=O) groups excluding carboxylic acids is 1. The van der Waals surface area contributed by atoms with E-state index in [0.717, 1.165) is 6.26 Å². The summed E-state index contributed by atoms with van der Waals surface area (Å²) in [6.45, 7) is 0.0924. The van der Waals surface area contributed by atoms with E-state index in [1.54, 1.807) is 30.3 Å². The molecule has 11 heteroatoms. The first kappa shape index (κ1) is 22.3. The number of fused-ring (bicyclic) bond motifs is 1. The van der Waals surface area contributed by atoms with Gasteiger partial charge in [0.15, 0.2) is 0 Å². The van der Waals surface area contributed by atoms with Gasteiger partial charge in [-0.1, -0.05) is 23.2 Å². The molecule has 166 valence electrons. The fourth-order valence-corrected chi connectivity index (χ4v) is 4.43. The summed E-state index contributed by atoms with van der Waals surface area (Å²) in [5, 5.41) is 0.216. The number of aromatic nitrogens is 2. The Morgan fingerprint density at radius 3 is 2.34 bits per heavy atom. The zero-order valence-corrected chi connectivity index (χ0v) is 19.5. The highest BCUT2D eigenvalue weighted by Crippen LogP contribution is 2.40. The van der Waals surface area contributed by atoms with Crippen LogP contribution in [0.2, 0.25) is 10.0 Å². The van der Waals surface area contributed by atoms with Crippen molar-refractivity contribution in [1.29, 1.82) is 0 Å². The molecule has 0 atom stereocenters. The van der Waals surface area contributed by atoms with Crippen molar-refractivity contribution in [3.8, 4) is 22.8 Å². The number of rotatable bonds is 5. The van der Waals surface area contributed by atoms with Crippen LogP contribution in [0.15, 0.2) is 41.6 Å². The van der Waals surface area contributed by atoms with Gasteiger partial charge in [0.2, 0.25) is 15.0 Å². The van der Waals surface area contributed by atoms with Gasteiger partial charge in [-0.2, -0.15) is 0 Å². The van der Waals surface area contributed by atoms with E-state index < -0.39 is 20.9 Å². The number of amides is 1. The summed E-state index contributed by atoms with van der Waals surface area (Å²) in [6, 6.07) is 9.78. The lowest BCUT2D eigenvalue weighted by atomic mass is 10.1. The van der Waals surface area contributed by atoms with Crippen molar-refractivity contribution in [2.24, 2.45) is 0 Å². The molecule has 1 amide bonds. The molecule has 3 aromatic rings. The normalized spacial score (nSPS) is 13.3. The van der Waals surface area contributed by atoms with Crippen LogP contribution in [0.5, 0.6) is 11.5 Å². The summed E-state index contributed by atoms with van der Waals surface area (Å²) in [5.74, 6) is 0.484. The van der Waals surface area contributed by atoms with Gasteiger partial charge >= 0.3 is 0 Å². The first-order chi connectivity index (χ1) is 15.1. The van der Waals surface area contributed by atoms with Gasteiger partial charge in [-0.15, -0.1) is 0 Å². The molecule has 0 fully saturated rings. The Kier molecular flexibility index (Phi) is 5.74. The summed E-state index contributed by atoms with van der Waals surface area (Å²) in [6.07, 6.45) is 0.978. The number of hydrogen-bond acceptors (Lipinski definition) is 7. The molecular formula is C21H17Cl2N3O5S. The minimum Gasteiger partial charge on any atom is -0.497 e. The average molecular weight is 494 g/mol. The number of benzene rings is 2. The van der Waals surface area contributed by atoms with Crippen LogP contribution < -0.4 is 14.4 Å². The molecule has 0 bridgehead atoms. The highest BCUT2D eigenvalue weighted by molar-refractivity contribution is 7.90. The Hall–Kier alpha value is -2.88. The van der Waals surface area contributed by atoms with Crippen LogP contribution in [0, 0.1) is 0 Å². The van der Waals surface area contributed by atoms with Gasteiger partial charge < -0.3 is 9.47 Å². The summed E-state index contributed by atoms with van der Waals surface area (Å²) >= 11 is 12.4. The van der Waals surface area contributed by atoms with Crippen LogP contribution in [0.1, 0.15) is 16.1 Å². The first-order valence-corrected chi connectivity index (χ1v) is 11.9. The van der Waals surface area contributed by atoms with Crippen molar-refractivity contribution in [2.75, 3.05) is 25.4 Å². The molecule has 0 saturated heterocycles. The van der Waals surface area contributed by atoms with Crippen LogP contribution in [-0.2, 0) is 16.4 Å². The predicted octanol–water partition coefficient (Wildman–Crippen LogP) is 4.03. The van der Waals surface area contributed by atoms with Gasteiger partial charge in [0.05, 0.1) is 37.2 Å². The number of hydrogen-bond donors (Lipinski definition) is 0. The fourth-order valence-electron chi connectivity index (χ4n) is 3.42. The van der Waals surface area contributed by atoms with E-state index in [1.165, 1.54) is 25.2 Å². The van der Waals surface area contributed by atoms with Crippen LogP contribution >= 0.6 is 23.2 Å². The molecule has 32 heavy (non-hydrogen) atoms. The van der Waals surface area contributed by atoms with Gasteiger partial charge in [0.1, 0.15) is 17.2 Å². The van der Waals surface area contributed by atoms with Crippen LogP contribution in [0.25, 0.3) is 11.3 Å². The Bertz CT molecular complexity index is 1360. The number of halogens is 2. The second-order valence-corrected chi connectivity index (χ2v) is 9.76. The maximum Gasteiger partial charge on any atom is 0.277 e. The lowest BCUT2D eigenvalue weighted by molar-refractivity contribution is 0.0991. The predicted molar refractivity (Wildman–Crippen MR) is 121 cm³/mol. The van der Waals surface area contributed by atoms with E-state index >= 15 is 0 Å². The zero-order chi connectivity index (χ0) is 23.2. The van der Waals surface area contributed by atoms with Crippen LogP contribution in [-0.4, -0.2) is 44.8 Å². The van der Waals surface area contributed by atoms with Crippen molar-refractivity contribution < 1.29 is 22.7 Å². The molecule has 0 unspecified atom stereocenters. The minimum atomic E-state index is -3.81. The third kappa shape index (κ3) is 3.87. The van der Waals surface area contributed by atoms with Crippen LogP contribution in [0.4, 0.5) is 5.69 Å². The molecule has 2 heterocycles.